The minimum Gasteiger partial charge on any atom is -0.496 e. The van der Waals surface area contributed by atoms with Gasteiger partial charge in [-0.2, -0.15) is 0 Å². The van der Waals surface area contributed by atoms with Gasteiger partial charge in [0.05, 0.1) is 13.2 Å². The average molecular weight is 167 g/mol. The molecule has 1 rings (SSSR count). The van der Waals surface area contributed by atoms with Gasteiger partial charge in [-0.3, -0.25) is 4.79 Å². The van der Waals surface area contributed by atoms with Crippen molar-refractivity contribution in [2.75, 3.05) is 13.2 Å². The lowest BCUT2D eigenvalue weighted by Crippen LogP contribution is -2.25. The zero-order valence-electron chi connectivity index (χ0n) is 7.01. The Labute approximate surface area is 72.1 Å². The van der Waals surface area contributed by atoms with Crippen LogP contribution >= 0.6 is 0 Å². The van der Waals surface area contributed by atoms with E-state index in [4.69, 9.17) is 4.74 Å². The zero-order chi connectivity index (χ0) is 8.81. The van der Waals surface area contributed by atoms with E-state index in [-0.39, 0.29) is 5.91 Å². The predicted octanol–water partition coefficient (Wildman–Crippen LogP) is 0.983. The van der Waals surface area contributed by atoms with Crippen molar-refractivity contribution >= 4 is 5.91 Å². The SMILES string of the molecule is C=CC(=O)NCC1=CCCCO1. The maximum Gasteiger partial charge on any atom is 0.243 e. The molecule has 0 atom stereocenters. The Kier molecular flexibility index (Phi) is 3.38. The van der Waals surface area contributed by atoms with Crippen LogP contribution in [0.4, 0.5) is 0 Å². The van der Waals surface area contributed by atoms with Gasteiger partial charge in [0, 0.05) is 0 Å². The zero-order valence-corrected chi connectivity index (χ0v) is 7.01. The Morgan fingerprint density at radius 2 is 2.67 bits per heavy atom. The first kappa shape index (κ1) is 8.84. The third kappa shape index (κ3) is 2.78. The van der Waals surface area contributed by atoms with Gasteiger partial charge in [0.15, 0.2) is 0 Å². The van der Waals surface area contributed by atoms with Crippen molar-refractivity contribution in [1.82, 2.24) is 5.32 Å². The summed E-state index contributed by atoms with van der Waals surface area (Å²) in [5.74, 6) is 0.696. The molecule has 66 valence electrons. The van der Waals surface area contributed by atoms with Crippen LogP contribution in [0.3, 0.4) is 0 Å². The summed E-state index contributed by atoms with van der Waals surface area (Å²) in [6, 6.07) is 0. The van der Waals surface area contributed by atoms with Gasteiger partial charge in [0.25, 0.3) is 0 Å². The number of rotatable bonds is 3. The molecule has 0 saturated carbocycles. The van der Waals surface area contributed by atoms with Crippen LogP contribution in [0, 0.1) is 0 Å². The van der Waals surface area contributed by atoms with Crippen LogP contribution in [0.15, 0.2) is 24.5 Å². The molecule has 0 unspecified atom stereocenters. The lowest BCUT2D eigenvalue weighted by Gasteiger charge is -2.14. The van der Waals surface area contributed by atoms with E-state index in [0.29, 0.717) is 6.54 Å². The van der Waals surface area contributed by atoms with Crippen LogP contribution in [0.1, 0.15) is 12.8 Å². The molecule has 1 N–H and O–H groups in total. The van der Waals surface area contributed by atoms with Crippen LogP contribution in [0.25, 0.3) is 0 Å². The molecule has 1 amide bonds. The summed E-state index contributed by atoms with van der Waals surface area (Å²) in [5, 5.41) is 2.65. The first-order chi connectivity index (χ1) is 5.83. The highest BCUT2D eigenvalue weighted by Gasteiger charge is 2.04. The van der Waals surface area contributed by atoms with E-state index < -0.39 is 0 Å². The Bertz CT molecular complexity index is 209. The molecule has 12 heavy (non-hydrogen) atoms. The lowest BCUT2D eigenvalue weighted by atomic mass is 10.2. The van der Waals surface area contributed by atoms with Crippen molar-refractivity contribution in [2.45, 2.75) is 12.8 Å². The average Bonchev–Trinajstić information content (AvgIpc) is 2.16. The number of ether oxygens (including phenoxy) is 1. The van der Waals surface area contributed by atoms with Gasteiger partial charge < -0.3 is 10.1 Å². The summed E-state index contributed by atoms with van der Waals surface area (Å²) >= 11 is 0. The lowest BCUT2D eigenvalue weighted by molar-refractivity contribution is -0.116. The number of carbonyl (C=O) groups excluding carboxylic acids is 1. The standard InChI is InChI=1S/C9H13NO2/c1-2-9(11)10-7-8-5-3-4-6-12-8/h2,5H,1,3-4,6-7H2,(H,10,11). The molecule has 0 bridgehead atoms. The molecule has 1 aliphatic rings. The quantitative estimate of drug-likeness (QED) is 0.636. The van der Waals surface area contributed by atoms with Crippen molar-refractivity contribution in [3.05, 3.63) is 24.5 Å². The first-order valence-electron chi connectivity index (χ1n) is 4.05. The summed E-state index contributed by atoms with van der Waals surface area (Å²) in [5.41, 5.74) is 0. The molecular weight excluding hydrogens is 154 g/mol. The van der Waals surface area contributed by atoms with Gasteiger partial charge in [-0.15, -0.1) is 0 Å². The van der Waals surface area contributed by atoms with Crippen molar-refractivity contribution in [3.63, 3.8) is 0 Å². The normalized spacial score (nSPS) is 15.8. The predicted molar refractivity (Wildman–Crippen MR) is 46.5 cm³/mol. The highest BCUT2D eigenvalue weighted by Crippen LogP contribution is 2.08. The Hall–Kier alpha value is -1.25. The van der Waals surface area contributed by atoms with Crippen molar-refractivity contribution < 1.29 is 9.53 Å². The van der Waals surface area contributed by atoms with E-state index >= 15 is 0 Å². The van der Waals surface area contributed by atoms with Gasteiger partial charge in [-0.05, 0) is 25.0 Å². The Morgan fingerprint density at radius 1 is 1.83 bits per heavy atom. The first-order valence-corrected chi connectivity index (χ1v) is 4.05. The van der Waals surface area contributed by atoms with E-state index in [1.54, 1.807) is 0 Å². The van der Waals surface area contributed by atoms with E-state index in [1.807, 2.05) is 6.08 Å². The summed E-state index contributed by atoms with van der Waals surface area (Å²) in [6.07, 6.45) is 5.37. The molecule has 0 aliphatic carbocycles. The summed E-state index contributed by atoms with van der Waals surface area (Å²) in [6.45, 7) is 4.59. The highest BCUT2D eigenvalue weighted by molar-refractivity contribution is 5.86. The second kappa shape index (κ2) is 4.59. The number of hydrogen-bond donors (Lipinski definition) is 1. The molecule has 0 fully saturated rings. The molecule has 1 heterocycles. The molecule has 0 saturated heterocycles. The maximum atomic E-state index is 10.7. The van der Waals surface area contributed by atoms with E-state index in [9.17, 15) is 4.79 Å². The summed E-state index contributed by atoms with van der Waals surface area (Å²) in [7, 11) is 0. The van der Waals surface area contributed by atoms with E-state index in [2.05, 4.69) is 11.9 Å². The number of allylic oxidation sites excluding steroid dienone is 1. The van der Waals surface area contributed by atoms with Crippen LogP contribution in [-0.4, -0.2) is 19.1 Å². The molecule has 1 aliphatic heterocycles. The van der Waals surface area contributed by atoms with E-state index in [1.165, 1.54) is 6.08 Å². The topological polar surface area (TPSA) is 38.3 Å². The number of nitrogens with one attached hydrogen (secondary N) is 1. The van der Waals surface area contributed by atoms with Crippen molar-refractivity contribution in [2.24, 2.45) is 0 Å². The Balaban J connectivity index is 2.26. The molecule has 3 heteroatoms. The third-order valence-electron chi connectivity index (χ3n) is 1.63. The van der Waals surface area contributed by atoms with Gasteiger partial charge in [0.1, 0.15) is 5.76 Å². The number of carbonyl (C=O) groups is 1. The Morgan fingerprint density at radius 3 is 3.25 bits per heavy atom. The van der Waals surface area contributed by atoms with Crippen molar-refractivity contribution in [3.8, 4) is 0 Å². The van der Waals surface area contributed by atoms with Gasteiger partial charge in [0.2, 0.25) is 5.91 Å². The van der Waals surface area contributed by atoms with Crippen LogP contribution in [-0.2, 0) is 9.53 Å². The number of hydrogen-bond acceptors (Lipinski definition) is 2. The molecule has 3 nitrogen and oxygen atoms in total. The molecule has 0 aromatic rings. The van der Waals surface area contributed by atoms with Gasteiger partial charge in [-0.25, -0.2) is 0 Å². The monoisotopic (exact) mass is 167 g/mol. The van der Waals surface area contributed by atoms with Crippen LogP contribution in [0.2, 0.25) is 0 Å². The van der Waals surface area contributed by atoms with E-state index in [0.717, 1.165) is 25.2 Å². The molecular formula is C9H13NO2. The fourth-order valence-corrected chi connectivity index (χ4v) is 0.978. The molecule has 0 radical (unpaired) electrons. The fraction of sp³-hybridized carbons (Fsp3) is 0.444. The fourth-order valence-electron chi connectivity index (χ4n) is 0.978. The second-order valence-corrected chi connectivity index (χ2v) is 2.58. The van der Waals surface area contributed by atoms with Gasteiger partial charge >= 0.3 is 0 Å². The van der Waals surface area contributed by atoms with Crippen molar-refractivity contribution in [1.29, 1.82) is 0 Å². The van der Waals surface area contributed by atoms with Crippen LogP contribution in [0.5, 0.6) is 0 Å². The largest absolute Gasteiger partial charge is 0.496 e. The number of amides is 1. The summed E-state index contributed by atoms with van der Waals surface area (Å²) in [4.78, 5) is 10.7. The highest BCUT2D eigenvalue weighted by atomic mass is 16.5. The smallest absolute Gasteiger partial charge is 0.243 e. The van der Waals surface area contributed by atoms with Crippen LogP contribution < -0.4 is 5.32 Å². The third-order valence-corrected chi connectivity index (χ3v) is 1.63. The van der Waals surface area contributed by atoms with Gasteiger partial charge in [-0.1, -0.05) is 6.58 Å². The minimum atomic E-state index is -0.162. The molecule has 0 aromatic heterocycles. The molecule has 0 spiro atoms. The minimum absolute atomic E-state index is 0.162. The maximum absolute atomic E-state index is 10.7. The summed E-state index contributed by atoms with van der Waals surface area (Å²) < 4.78 is 5.28. The second-order valence-electron chi connectivity index (χ2n) is 2.58. The molecule has 0 aromatic carbocycles.